The molecule has 6 nitrogen and oxygen atoms in total. The van der Waals surface area contributed by atoms with Crippen LogP contribution in [0.3, 0.4) is 0 Å². The fourth-order valence-electron chi connectivity index (χ4n) is 2.84. The number of aliphatic imine (C=N–C) groups is 1. The number of hydrogen-bond acceptors (Lipinski definition) is 4. The second-order valence-electron chi connectivity index (χ2n) is 7.08. The van der Waals surface area contributed by atoms with E-state index < -0.39 is 23.7 Å². The van der Waals surface area contributed by atoms with E-state index in [4.69, 9.17) is 34.0 Å². The van der Waals surface area contributed by atoms with Crippen molar-refractivity contribution in [3.8, 4) is 0 Å². The molecule has 0 spiro atoms. The molecular formula is C24H16Cl2F3N3O3. The molecule has 0 saturated carbocycles. The number of rotatable bonds is 6. The highest BCUT2D eigenvalue weighted by molar-refractivity contribution is 6.34. The molecule has 0 saturated heterocycles. The Morgan fingerprint density at radius 2 is 1.57 bits per heavy atom. The highest BCUT2D eigenvalue weighted by atomic mass is 35.5. The number of hydrogen-bond donors (Lipinski definition) is 3. The molecule has 0 aliphatic rings. The molecule has 0 aliphatic heterocycles. The highest BCUT2D eigenvalue weighted by Crippen LogP contribution is 2.27. The first kappa shape index (κ1) is 25.8. The summed E-state index contributed by atoms with van der Waals surface area (Å²) in [5.41, 5.74) is 4.36. The number of anilines is 1. The average molecular weight is 522 g/mol. The Morgan fingerprint density at radius 1 is 0.943 bits per heavy atom. The van der Waals surface area contributed by atoms with Crippen molar-refractivity contribution in [3.63, 3.8) is 0 Å². The first-order valence-corrected chi connectivity index (χ1v) is 10.5. The summed E-state index contributed by atoms with van der Waals surface area (Å²) in [5.74, 6) is -1.84. The number of benzene rings is 3. The van der Waals surface area contributed by atoms with Gasteiger partial charge in [-0.05, 0) is 48.5 Å². The van der Waals surface area contributed by atoms with Crippen LogP contribution in [-0.4, -0.2) is 28.9 Å². The molecule has 35 heavy (non-hydrogen) atoms. The van der Waals surface area contributed by atoms with E-state index >= 15 is 0 Å². The number of aromatic carboxylic acids is 1. The van der Waals surface area contributed by atoms with Crippen LogP contribution in [0.15, 0.2) is 83.5 Å². The molecule has 0 atom stereocenters. The van der Waals surface area contributed by atoms with Gasteiger partial charge in [-0.15, -0.1) is 0 Å². The van der Waals surface area contributed by atoms with E-state index in [-0.39, 0.29) is 43.8 Å². The minimum Gasteiger partial charge on any atom is -0.478 e. The van der Waals surface area contributed by atoms with Crippen LogP contribution in [0.25, 0.3) is 0 Å². The Bertz CT molecular complexity index is 1340. The van der Waals surface area contributed by atoms with E-state index in [9.17, 15) is 22.8 Å². The maximum absolute atomic E-state index is 13.1. The zero-order valence-electron chi connectivity index (χ0n) is 17.6. The fourth-order valence-corrected chi connectivity index (χ4v) is 3.22. The maximum atomic E-state index is 13.1. The Morgan fingerprint density at radius 3 is 2.17 bits per heavy atom. The van der Waals surface area contributed by atoms with Crippen LogP contribution in [0.2, 0.25) is 10.0 Å². The summed E-state index contributed by atoms with van der Waals surface area (Å²) in [6, 6.07) is 15.8. The number of allylic oxidation sites excluding steroid dienone is 2. The van der Waals surface area contributed by atoms with Crippen molar-refractivity contribution >= 4 is 52.2 Å². The number of halogens is 5. The number of carbonyl (C=O) groups is 2. The average Bonchev–Trinajstić information content (AvgIpc) is 2.80. The number of amides is 1. The van der Waals surface area contributed by atoms with Crippen LogP contribution in [-0.2, 0) is 0 Å². The Balaban J connectivity index is 1.92. The molecule has 0 bridgehead atoms. The smallest absolute Gasteiger partial charge is 0.430 e. The van der Waals surface area contributed by atoms with Crippen LogP contribution < -0.4 is 11.1 Å². The van der Waals surface area contributed by atoms with E-state index in [1.807, 2.05) is 0 Å². The minimum absolute atomic E-state index is 0.0105. The SMILES string of the molecule is N/C(=C\C(=Nc1ccccc1Cl)c1ccc(C(=O)Nc2ccc(Cl)c(C(=O)O)c2)cc1)C(F)(F)F. The van der Waals surface area contributed by atoms with Crippen molar-refractivity contribution in [1.29, 1.82) is 0 Å². The maximum Gasteiger partial charge on any atom is 0.430 e. The third kappa shape index (κ3) is 6.62. The lowest BCUT2D eigenvalue weighted by Crippen LogP contribution is -2.21. The number of carbonyl (C=O) groups excluding carboxylic acids is 1. The molecule has 180 valence electrons. The standard InChI is InChI=1S/C24H16Cl2F3N3O3/c25-17-10-9-15(11-16(17)23(34)35)31-22(33)14-7-5-13(6-8-14)20(12-21(30)24(27,28)29)32-19-4-2-1-3-18(19)26/h1-12H,30H2,(H,31,33)(H,34,35)/b21-12-,32-20?. The molecular weight excluding hydrogens is 506 g/mol. The number of nitrogens with one attached hydrogen (secondary N) is 1. The molecule has 0 heterocycles. The quantitative estimate of drug-likeness (QED) is 0.323. The minimum atomic E-state index is -4.77. The molecule has 3 aromatic rings. The summed E-state index contributed by atoms with van der Waals surface area (Å²) < 4.78 is 39.2. The summed E-state index contributed by atoms with van der Waals surface area (Å²) in [4.78, 5) is 28.0. The van der Waals surface area contributed by atoms with Crippen molar-refractivity contribution in [2.45, 2.75) is 6.18 Å². The lowest BCUT2D eigenvalue weighted by atomic mass is 10.1. The van der Waals surface area contributed by atoms with Gasteiger partial charge in [-0.2, -0.15) is 13.2 Å². The van der Waals surface area contributed by atoms with Gasteiger partial charge in [0.05, 0.1) is 27.0 Å². The van der Waals surface area contributed by atoms with E-state index in [2.05, 4.69) is 10.3 Å². The van der Waals surface area contributed by atoms with E-state index in [1.54, 1.807) is 12.1 Å². The Labute approximate surface area is 207 Å². The molecule has 0 aromatic heterocycles. The summed E-state index contributed by atoms with van der Waals surface area (Å²) in [6.45, 7) is 0. The van der Waals surface area contributed by atoms with Crippen LogP contribution in [0.5, 0.6) is 0 Å². The molecule has 3 rings (SSSR count). The summed E-state index contributed by atoms with van der Waals surface area (Å²) in [7, 11) is 0. The van der Waals surface area contributed by atoms with Crippen molar-refractivity contribution in [3.05, 3.63) is 105 Å². The van der Waals surface area contributed by atoms with E-state index in [0.29, 0.717) is 6.08 Å². The molecule has 3 aromatic carbocycles. The summed E-state index contributed by atoms with van der Waals surface area (Å²) in [5, 5.41) is 11.9. The number of carboxylic acids is 1. The van der Waals surface area contributed by atoms with Crippen molar-refractivity contribution in [2.24, 2.45) is 10.7 Å². The third-order valence-electron chi connectivity index (χ3n) is 4.61. The second-order valence-corrected chi connectivity index (χ2v) is 7.89. The van der Waals surface area contributed by atoms with Gasteiger partial charge in [0.15, 0.2) is 0 Å². The molecule has 0 fully saturated rings. The second kappa shape index (κ2) is 10.6. The lowest BCUT2D eigenvalue weighted by Gasteiger charge is -2.10. The van der Waals surface area contributed by atoms with Gasteiger partial charge in [0.2, 0.25) is 0 Å². The molecule has 11 heteroatoms. The molecule has 0 unspecified atom stereocenters. The largest absolute Gasteiger partial charge is 0.478 e. The van der Waals surface area contributed by atoms with Gasteiger partial charge < -0.3 is 16.2 Å². The predicted octanol–water partition coefficient (Wildman–Crippen LogP) is 6.47. The van der Waals surface area contributed by atoms with E-state index in [0.717, 1.165) is 0 Å². The van der Waals surface area contributed by atoms with Gasteiger partial charge in [-0.3, -0.25) is 4.79 Å². The number of carboxylic acid groups (broad SMARTS) is 1. The highest BCUT2D eigenvalue weighted by Gasteiger charge is 2.31. The van der Waals surface area contributed by atoms with Crippen molar-refractivity contribution in [2.75, 3.05) is 5.32 Å². The van der Waals surface area contributed by atoms with Gasteiger partial charge in [0.1, 0.15) is 5.70 Å². The number of nitrogens with zero attached hydrogens (tertiary/aromatic N) is 1. The number of nitrogens with two attached hydrogens (primary N) is 1. The van der Waals surface area contributed by atoms with Crippen LogP contribution in [0, 0.1) is 0 Å². The molecule has 0 aliphatic carbocycles. The van der Waals surface area contributed by atoms with Crippen molar-refractivity contribution in [1.82, 2.24) is 0 Å². The summed E-state index contributed by atoms with van der Waals surface area (Å²) >= 11 is 11.9. The van der Waals surface area contributed by atoms with Gasteiger partial charge in [0, 0.05) is 16.8 Å². The first-order valence-electron chi connectivity index (χ1n) is 9.78. The van der Waals surface area contributed by atoms with Crippen LogP contribution in [0.1, 0.15) is 26.3 Å². The Kier molecular flexibility index (Phi) is 7.83. The van der Waals surface area contributed by atoms with Gasteiger partial charge in [-0.25, -0.2) is 9.79 Å². The first-order chi connectivity index (χ1) is 16.5. The lowest BCUT2D eigenvalue weighted by molar-refractivity contribution is -0.0925. The van der Waals surface area contributed by atoms with Crippen molar-refractivity contribution < 1.29 is 27.9 Å². The van der Waals surface area contributed by atoms with Gasteiger partial charge >= 0.3 is 12.1 Å². The third-order valence-corrected chi connectivity index (χ3v) is 5.26. The van der Waals surface area contributed by atoms with Crippen LogP contribution in [0.4, 0.5) is 24.5 Å². The number of para-hydroxylation sites is 1. The zero-order valence-corrected chi connectivity index (χ0v) is 19.1. The topological polar surface area (TPSA) is 105 Å². The number of alkyl halides is 3. The van der Waals surface area contributed by atoms with Crippen LogP contribution >= 0.6 is 23.2 Å². The monoisotopic (exact) mass is 521 g/mol. The molecule has 0 radical (unpaired) electrons. The van der Waals surface area contributed by atoms with Gasteiger partial charge in [-0.1, -0.05) is 47.5 Å². The fraction of sp³-hybridized carbons (Fsp3) is 0.0417. The zero-order chi connectivity index (χ0) is 25.8. The molecule has 4 N–H and O–H groups in total. The molecule has 1 amide bonds. The Hall–Kier alpha value is -3.82. The van der Waals surface area contributed by atoms with E-state index in [1.165, 1.54) is 54.6 Å². The summed E-state index contributed by atoms with van der Waals surface area (Å²) in [6.07, 6.45) is -4.09. The normalized spacial score (nSPS) is 12.4. The van der Waals surface area contributed by atoms with Gasteiger partial charge in [0.25, 0.3) is 5.91 Å². The predicted molar refractivity (Wildman–Crippen MR) is 129 cm³/mol.